The molecule has 0 aromatic carbocycles. The van der Waals surface area contributed by atoms with Crippen LogP contribution in [-0.2, 0) is 16.0 Å². The number of rotatable bonds is 6. The van der Waals surface area contributed by atoms with Gasteiger partial charge in [0.15, 0.2) is 4.34 Å². The highest BCUT2D eigenvalue weighted by Gasteiger charge is 2.17. The fourth-order valence-electron chi connectivity index (χ4n) is 1.67. The largest absolute Gasteiger partial charge is 0.478 e. The van der Waals surface area contributed by atoms with Crippen molar-refractivity contribution in [3.05, 3.63) is 34.5 Å². The molecule has 0 aliphatic rings. The molecule has 22 heavy (non-hydrogen) atoms. The number of carbonyl (C=O) groups is 2. The number of hydrogen-bond acceptors (Lipinski definition) is 7. The molecule has 0 radical (unpaired) electrons. The topological polar surface area (TPSA) is 89.4 Å². The lowest BCUT2D eigenvalue weighted by Gasteiger charge is -2.01. The predicted molar refractivity (Wildman–Crippen MR) is 82.5 cm³/mol. The highest BCUT2D eigenvalue weighted by molar-refractivity contribution is 8.01. The van der Waals surface area contributed by atoms with Gasteiger partial charge in [-0.05, 0) is 37.7 Å². The van der Waals surface area contributed by atoms with E-state index >= 15 is 0 Å². The van der Waals surface area contributed by atoms with Crippen LogP contribution in [0.15, 0.2) is 27.7 Å². The number of aromatic carboxylic acids is 1. The maximum Gasteiger partial charge on any atom is 0.338 e. The standard InChI is InChI=1S/C14H14N2O4S2/c1-3-20-11(17)7-10-8(2)16-14(21-10)22-12-9(13(18)19)5-4-6-15-12/h4-6H,3,7H2,1-2H3,(H,18,19). The first-order chi connectivity index (χ1) is 10.5. The first-order valence-electron chi connectivity index (χ1n) is 6.49. The van der Waals surface area contributed by atoms with Crippen molar-refractivity contribution in [2.45, 2.75) is 29.6 Å². The van der Waals surface area contributed by atoms with Crippen LogP contribution < -0.4 is 0 Å². The molecule has 8 heteroatoms. The van der Waals surface area contributed by atoms with Gasteiger partial charge >= 0.3 is 11.9 Å². The Hall–Kier alpha value is -1.93. The van der Waals surface area contributed by atoms with E-state index in [1.54, 1.807) is 13.0 Å². The number of ether oxygens (including phenoxy) is 1. The van der Waals surface area contributed by atoms with Crippen molar-refractivity contribution < 1.29 is 19.4 Å². The van der Waals surface area contributed by atoms with E-state index in [4.69, 9.17) is 9.84 Å². The van der Waals surface area contributed by atoms with Crippen molar-refractivity contribution in [3.63, 3.8) is 0 Å². The van der Waals surface area contributed by atoms with Gasteiger partial charge < -0.3 is 9.84 Å². The Labute approximate surface area is 135 Å². The van der Waals surface area contributed by atoms with Gasteiger partial charge in [0.1, 0.15) is 5.03 Å². The van der Waals surface area contributed by atoms with Gasteiger partial charge in [0.2, 0.25) is 0 Å². The maximum atomic E-state index is 11.5. The minimum Gasteiger partial charge on any atom is -0.478 e. The van der Waals surface area contributed by atoms with Crippen molar-refractivity contribution in [3.8, 4) is 0 Å². The van der Waals surface area contributed by atoms with Crippen molar-refractivity contribution in [2.75, 3.05) is 6.61 Å². The quantitative estimate of drug-likeness (QED) is 0.810. The van der Waals surface area contributed by atoms with E-state index in [1.165, 1.54) is 35.4 Å². The van der Waals surface area contributed by atoms with Crippen LogP contribution in [-0.4, -0.2) is 33.6 Å². The molecule has 0 fully saturated rings. The average molecular weight is 338 g/mol. The van der Waals surface area contributed by atoms with Crippen LogP contribution in [0.1, 0.15) is 27.9 Å². The summed E-state index contributed by atoms with van der Waals surface area (Å²) < 4.78 is 5.57. The average Bonchev–Trinajstić information content (AvgIpc) is 2.79. The van der Waals surface area contributed by atoms with Gasteiger partial charge in [0.05, 0.1) is 24.3 Å². The zero-order chi connectivity index (χ0) is 16.1. The zero-order valence-corrected chi connectivity index (χ0v) is 13.7. The molecular formula is C14H14N2O4S2. The fraction of sp³-hybridized carbons (Fsp3) is 0.286. The first-order valence-corrected chi connectivity index (χ1v) is 8.12. The minimum absolute atomic E-state index is 0.132. The lowest BCUT2D eigenvalue weighted by atomic mass is 10.3. The number of hydrogen-bond donors (Lipinski definition) is 1. The van der Waals surface area contributed by atoms with E-state index in [-0.39, 0.29) is 18.0 Å². The molecule has 2 rings (SSSR count). The van der Waals surface area contributed by atoms with Gasteiger partial charge in [-0.15, -0.1) is 11.3 Å². The Morgan fingerprint density at radius 3 is 2.91 bits per heavy atom. The molecule has 1 N–H and O–H groups in total. The highest BCUT2D eigenvalue weighted by Crippen LogP contribution is 2.33. The number of pyridine rings is 1. The summed E-state index contributed by atoms with van der Waals surface area (Å²) in [5.74, 6) is -1.33. The van der Waals surface area contributed by atoms with Crippen LogP contribution >= 0.6 is 23.1 Å². The molecule has 116 valence electrons. The zero-order valence-electron chi connectivity index (χ0n) is 12.0. The van der Waals surface area contributed by atoms with Crippen LogP contribution in [0.25, 0.3) is 0 Å². The number of carbonyl (C=O) groups excluding carboxylic acids is 1. The van der Waals surface area contributed by atoms with Gasteiger partial charge in [0, 0.05) is 11.1 Å². The van der Waals surface area contributed by atoms with E-state index in [0.29, 0.717) is 16.0 Å². The molecule has 0 saturated heterocycles. The number of carboxylic acids is 1. The SMILES string of the molecule is CCOC(=O)Cc1sc(Sc2ncccc2C(=O)O)nc1C. The molecular weight excluding hydrogens is 324 g/mol. The molecule has 0 atom stereocenters. The predicted octanol–water partition coefficient (Wildman–Crippen LogP) is 2.80. The summed E-state index contributed by atoms with van der Waals surface area (Å²) in [5, 5.41) is 9.53. The second kappa shape index (κ2) is 7.37. The molecule has 2 heterocycles. The number of carboxylic acid groups (broad SMARTS) is 1. The number of esters is 1. The molecule has 6 nitrogen and oxygen atoms in total. The summed E-state index contributed by atoms with van der Waals surface area (Å²) in [4.78, 5) is 32.0. The lowest BCUT2D eigenvalue weighted by Crippen LogP contribution is -2.07. The van der Waals surface area contributed by atoms with Crippen molar-refractivity contribution in [2.24, 2.45) is 0 Å². The summed E-state index contributed by atoms with van der Waals surface area (Å²) >= 11 is 2.53. The Kier molecular flexibility index (Phi) is 5.51. The van der Waals surface area contributed by atoms with Crippen molar-refractivity contribution in [1.29, 1.82) is 0 Å². The number of thiazole rings is 1. The van der Waals surface area contributed by atoms with Gasteiger partial charge in [-0.1, -0.05) is 0 Å². The lowest BCUT2D eigenvalue weighted by molar-refractivity contribution is -0.142. The second-order valence-electron chi connectivity index (χ2n) is 4.23. The van der Waals surface area contributed by atoms with Crippen LogP contribution in [0.5, 0.6) is 0 Å². The smallest absolute Gasteiger partial charge is 0.338 e. The molecule has 0 unspecified atom stereocenters. The number of nitrogens with zero attached hydrogens (tertiary/aromatic N) is 2. The van der Waals surface area contributed by atoms with Crippen LogP contribution in [0.4, 0.5) is 0 Å². The van der Waals surface area contributed by atoms with E-state index < -0.39 is 5.97 Å². The first kappa shape index (κ1) is 16.4. The Balaban J connectivity index is 2.18. The third-order valence-corrected chi connectivity index (χ3v) is 4.91. The third-order valence-electron chi connectivity index (χ3n) is 2.67. The molecule has 0 aliphatic heterocycles. The van der Waals surface area contributed by atoms with Crippen LogP contribution in [0.2, 0.25) is 0 Å². The Morgan fingerprint density at radius 1 is 1.45 bits per heavy atom. The van der Waals surface area contributed by atoms with Gasteiger partial charge in [0.25, 0.3) is 0 Å². The molecule has 0 amide bonds. The Morgan fingerprint density at radius 2 is 2.23 bits per heavy atom. The van der Waals surface area contributed by atoms with Gasteiger partial charge in [-0.2, -0.15) is 0 Å². The summed E-state index contributed by atoms with van der Waals surface area (Å²) in [6, 6.07) is 3.07. The van der Waals surface area contributed by atoms with E-state index in [2.05, 4.69) is 9.97 Å². The molecule has 0 aliphatic carbocycles. The summed E-state index contributed by atoms with van der Waals surface area (Å²) in [6.07, 6.45) is 1.71. The maximum absolute atomic E-state index is 11.5. The van der Waals surface area contributed by atoms with E-state index in [1.807, 2.05) is 6.92 Å². The van der Waals surface area contributed by atoms with Crippen LogP contribution in [0.3, 0.4) is 0 Å². The normalized spacial score (nSPS) is 10.5. The molecule has 2 aromatic rings. The van der Waals surface area contributed by atoms with Gasteiger partial charge in [-0.3, -0.25) is 4.79 Å². The van der Waals surface area contributed by atoms with Crippen LogP contribution in [0, 0.1) is 6.92 Å². The number of aromatic nitrogens is 2. The molecule has 2 aromatic heterocycles. The fourth-order valence-corrected chi connectivity index (χ4v) is 3.88. The van der Waals surface area contributed by atoms with Gasteiger partial charge in [-0.25, -0.2) is 14.8 Å². The molecule has 0 spiro atoms. The molecule has 0 saturated carbocycles. The number of aryl methyl sites for hydroxylation is 1. The van der Waals surface area contributed by atoms with Crippen molar-refractivity contribution in [1.82, 2.24) is 9.97 Å². The summed E-state index contributed by atoms with van der Waals surface area (Å²) in [5.41, 5.74) is 0.876. The summed E-state index contributed by atoms with van der Waals surface area (Å²) in [7, 11) is 0. The van der Waals surface area contributed by atoms with E-state index in [9.17, 15) is 9.59 Å². The Bertz CT molecular complexity index is 700. The van der Waals surface area contributed by atoms with E-state index in [0.717, 1.165) is 10.6 Å². The molecule has 0 bridgehead atoms. The monoisotopic (exact) mass is 338 g/mol. The minimum atomic E-state index is -1.03. The second-order valence-corrected chi connectivity index (χ2v) is 6.55. The highest BCUT2D eigenvalue weighted by atomic mass is 32.2. The van der Waals surface area contributed by atoms with Crippen molar-refractivity contribution >= 4 is 35.0 Å². The third kappa shape index (κ3) is 4.05. The summed E-state index contributed by atoms with van der Waals surface area (Å²) in [6.45, 7) is 3.91.